The summed E-state index contributed by atoms with van der Waals surface area (Å²) in [5.41, 5.74) is 0. The predicted molar refractivity (Wildman–Crippen MR) is 204 cm³/mol. The van der Waals surface area contributed by atoms with Crippen LogP contribution in [0.1, 0.15) is 200 Å². The van der Waals surface area contributed by atoms with Crippen molar-refractivity contribution in [2.75, 3.05) is 6.61 Å². The fraction of sp³-hybridized carbons (Fsp3) is 0.833. The summed E-state index contributed by atoms with van der Waals surface area (Å²) in [6, 6.07) is -0.834. The first kappa shape index (κ1) is 45.6. The first-order valence-electron chi connectivity index (χ1n) is 20.3. The molecule has 276 valence electrons. The molecule has 47 heavy (non-hydrogen) atoms. The van der Waals surface area contributed by atoms with E-state index in [1.54, 1.807) is 0 Å². The minimum absolute atomic E-state index is 0.170. The maximum Gasteiger partial charge on any atom is 0.220 e. The molecule has 0 rings (SSSR count). The van der Waals surface area contributed by atoms with Gasteiger partial charge < -0.3 is 20.6 Å². The molecule has 0 saturated heterocycles. The molecule has 0 spiro atoms. The highest BCUT2D eigenvalue weighted by molar-refractivity contribution is 5.76. The van der Waals surface area contributed by atoms with Crippen molar-refractivity contribution < 1.29 is 20.1 Å². The topological polar surface area (TPSA) is 89.8 Å². The molecule has 3 unspecified atom stereocenters. The monoisotopic (exact) mass is 662 g/mol. The van der Waals surface area contributed by atoms with E-state index in [9.17, 15) is 20.1 Å². The van der Waals surface area contributed by atoms with E-state index in [2.05, 4.69) is 55.6 Å². The van der Waals surface area contributed by atoms with Crippen LogP contribution in [0.25, 0.3) is 0 Å². The van der Waals surface area contributed by atoms with Crippen molar-refractivity contribution in [2.45, 2.75) is 218 Å². The lowest BCUT2D eigenvalue weighted by molar-refractivity contribution is -0.124. The van der Waals surface area contributed by atoms with E-state index in [0.29, 0.717) is 12.8 Å². The van der Waals surface area contributed by atoms with Gasteiger partial charge in [0.05, 0.1) is 18.8 Å². The number of aliphatic hydroxyl groups excluding tert-OH is 3. The van der Waals surface area contributed by atoms with Crippen LogP contribution in [-0.4, -0.2) is 46.1 Å². The number of hydrogen-bond acceptors (Lipinski definition) is 4. The summed E-state index contributed by atoms with van der Waals surface area (Å²) in [7, 11) is 0. The summed E-state index contributed by atoms with van der Waals surface area (Å²) in [5.74, 6) is -0.170. The van der Waals surface area contributed by atoms with Gasteiger partial charge in [0.1, 0.15) is 6.10 Å². The molecule has 3 atom stereocenters. The second kappa shape index (κ2) is 37.4. The fourth-order valence-corrected chi connectivity index (χ4v) is 5.99. The first-order chi connectivity index (χ1) is 23.1. The van der Waals surface area contributed by atoms with E-state index < -0.39 is 18.2 Å². The van der Waals surface area contributed by atoms with E-state index >= 15 is 0 Å². The van der Waals surface area contributed by atoms with Crippen LogP contribution in [0, 0.1) is 0 Å². The summed E-state index contributed by atoms with van der Waals surface area (Å²) in [6.07, 6.45) is 45.3. The molecule has 0 saturated carbocycles. The van der Waals surface area contributed by atoms with Crippen LogP contribution in [0.2, 0.25) is 0 Å². The number of rotatable bonds is 36. The Balaban J connectivity index is 3.73. The zero-order valence-corrected chi connectivity index (χ0v) is 31.2. The van der Waals surface area contributed by atoms with Crippen LogP contribution >= 0.6 is 0 Å². The lowest BCUT2D eigenvalue weighted by atomic mass is 10.0. The Bertz CT molecular complexity index is 734. The smallest absolute Gasteiger partial charge is 0.220 e. The highest BCUT2D eigenvalue weighted by Crippen LogP contribution is 2.14. The zero-order chi connectivity index (χ0) is 34.5. The van der Waals surface area contributed by atoms with Gasteiger partial charge in [0.2, 0.25) is 5.91 Å². The van der Waals surface area contributed by atoms with E-state index in [0.717, 1.165) is 51.4 Å². The number of unbranched alkanes of at least 4 members (excludes halogenated alkanes) is 22. The average Bonchev–Trinajstić information content (AvgIpc) is 3.07. The normalized spacial score (nSPS) is 14.1. The van der Waals surface area contributed by atoms with Crippen molar-refractivity contribution in [3.63, 3.8) is 0 Å². The van der Waals surface area contributed by atoms with Gasteiger partial charge in [0, 0.05) is 6.42 Å². The van der Waals surface area contributed by atoms with E-state index in [1.165, 1.54) is 122 Å². The number of aliphatic hydroxyl groups is 3. The van der Waals surface area contributed by atoms with Gasteiger partial charge in [0.25, 0.3) is 0 Å². The van der Waals surface area contributed by atoms with Crippen LogP contribution in [0.3, 0.4) is 0 Å². The van der Waals surface area contributed by atoms with Crippen molar-refractivity contribution in [1.82, 2.24) is 5.32 Å². The van der Waals surface area contributed by atoms with E-state index in [1.807, 2.05) is 0 Å². The molecule has 0 aromatic rings. The first-order valence-corrected chi connectivity index (χ1v) is 20.3. The van der Waals surface area contributed by atoms with Gasteiger partial charge in [-0.15, -0.1) is 0 Å². The van der Waals surface area contributed by atoms with Gasteiger partial charge in [-0.1, -0.05) is 153 Å². The third-order valence-electron chi connectivity index (χ3n) is 9.19. The van der Waals surface area contributed by atoms with Crippen molar-refractivity contribution >= 4 is 5.91 Å². The molecule has 0 heterocycles. The Hall–Kier alpha value is -1.43. The third kappa shape index (κ3) is 32.9. The molecule has 5 heteroatoms. The van der Waals surface area contributed by atoms with Crippen molar-refractivity contribution in [3.8, 4) is 0 Å². The number of allylic oxidation sites excluding steroid dienone is 6. The van der Waals surface area contributed by atoms with Crippen LogP contribution in [-0.2, 0) is 4.79 Å². The van der Waals surface area contributed by atoms with E-state index in [-0.39, 0.29) is 12.5 Å². The molecular weight excluding hydrogens is 582 g/mol. The number of amides is 1. The number of carbonyl (C=O) groups is 1. The second-order valence-corrected chi connectivity index (χ2v) is 13.8. The molecule has 1 amide bonds. The van der Waals surface area contributed by atoms with Crippen LogP contribution in [0.15, 0.2) is 36.5 Å². The van der Waals surface area contributed by atoms with Crippen molar-refractivity contribution in [2.24, 2.45) is 0 Å². The Labute approximate surface area is 292 Å². The molecule has 0 aliphatic carbocycles. The fourth-order valence-electron chi connectivity index (χ4n) is 5.99. The van der Waals surface area contributed by atoms with Gasteiger partial charge in [0.15, 0.2) is 0 Å². The Morgan fingerprint density at radius 1 is 0.511 bits per heavy atom. The minimum Gasteiger partial charge on any atom is -0.394 e. The molecule has 0 aromatic carbocycles. The summed E-state index contributed by atoms with van der Waals surface area (Å²) >= 11 is 0. The number of hydrogen-bond donors (Lipinski definition) is 4. The predicted octanol–water partition coefficient (Wildman–Crippen LogP) is 11.2. The molecule has 4 N–H and O–H groups in total. The lowest BCUT2D eigenvalue weighted by Crippen LogP contribution is -2.50. The highest BCUT2D eigenvalue weighted by Gasteiger charge is 2.26. The molecule has 0 aromatic heterocycles. The van der Waals surface area contributed by atoms with Gasteiger partial charge in [-0.3, -0.25) is 4.79 Å². The average molecular weight is 662 g/mol. The quantitative estimate of drug-likeness (QED) is 0.0397. The molecule has 0 bridgehead atoms. The summed E-state index contributed by atoms with van der Waals surface area (Å²) in [5, 5.41) is 33.4. The summed E-state index contributed by atoms with van der Waals surface area (Å²) < 4.78 is 0. The Morgan fingerprint density at radius 3 is 1.34 bits per heavy atom. The molecule has 0 fully saturated rings. The van der Waals surface area contributed by atoms with Gasteiger partial charge >= 0.3 is 0 Å². The summed E-state index contributed by atoms with van der Waals surface area (Å²) in [6.45, 7) is 4.12. The molecule has 5 nitrogen and oxygen atoms in total. The molecule has 0 aliphatic rings. The summed E-state index contributed by atoms with van der Waals surface area (Å²) in [4.78, 5) is 12.3. The van der Waals surface area contributed by atoms with E-state index in [4.69, 9.17) is 0 Å². The van der Waals surface area contributed by atoms with Gasteiger partial charge in [-0.25, -0.2) is 0 Å². The van der Waals surface area contributed by atoms with Crippen LogP contribution in [0.4, 0.5) is 0 Å². The largest absolute Gasteiger partial charge is 0.394 e. The van der Waals surface area contributed by atoms with Gasteiger partial charge in [-0.2, -0.15) is 0 Å². The van der Waals surface area contributed by atoms with Crippen molar-refractivity contribution in [3.05, 3.63) is 36.5 Å². The lowest BCUT2D eigenvalue weighted by Gasteiger charge is -2.26. The van der Waals surface area contributed by atoms with Crippen LogP contribution < -0.4 is 5.32 Å². The molecule has 0 aliphatic heterocycles. The highest BCUT2D eigenvalue weighted by atomic mass is 16.3. The maximum absolute atomic E-state index is 12.3. The standard InChI is InChI=1S/C42H79NO4/c1-3-5-7-9-11-13-15-17-18-19-20-21-22-23-24-25-26-28-30-32-34-36-40(45)42(47)39(38-44)43-41(46)37-35-33-31-29-27-16-14-12-10-8-6-4-2/h12,14,23-24,28,30,39-40,42,44-45,47H,3-11,13,15-22,25-27,29,31-38H2,1-2H3,(H,43,46)/b14-12-,24-23+,30-28+. The molecule has 0 radical (unpaired) electrons. The van der Waals surface area contributed by atoms with Gasteiger partial charge in [-0.05, 0) is 77.0 Å². The Kier molecular flexibility index (Phi) is 36.3. The maximum atomic E-state index is 12.3. The third-order valence-corrected chi connectivity index (χ3v) is 9.19. The SMILES string of the molecule is CCCCC/C=C\CCCCCCCC(=O)NC(CO)C(O)C(O)CCC/C=C/CC/C=C/CCCCCCCCCCCCCC. The van der Waals surface area contributed by atoms with Crippen LogP contribution in [0.5, 0.6) is 0 Å². The Morgan fingerprint density at radius 2 is 0.872 bits per heavy atom. The second-order valence-electron chi connectivity index (χ2n) is 13.8. The van der Waals surface area contributed by atoms with Crippen molar-refractivity contribution in [1.29, 1.82) is 0 Å². The number of nitrogens with one attached hydrogen (secondary N) is 1. The minimum atomic E-state index is -1.17. The zero-order valence-electron chi connectivity index (χ0n) is 31.2. The molecular formula is C42H79NO4. The number of carbonyl (C=O) groups excluding carboxylic acids is 1.